The zero-order valence-corrected chi connectivity index (χ0v) is 10.8. The summed E-state index contributed by atoms with van der Waals surface area (Å²) in [5, 5.41) is 15.7. The minimum Gasteiger partial charge on any atom is -0.265 e. The first kappa shape index (κ1) is 12.9. The summed E-state index contributed by atoms with van der Waals surface area (Å²) in [6.45, 7) is 0.0303. The molecule has 1 aromatic carbocycles. The van der Waals surface area contributed by atoms with Crippen LogP contribution in [0, 0.1) is 10.1 Å². The Balaban J connectivity index is 2.09. The van der Waals surface area contributed by atoms with Crippen LogP contribution in [0.15, 0.2) is 53.6 Å². The Labute approximate surface area is 118 Å². The van der Waals surface area contributed by atoms with E-state index >= 15 is 0 Å². The Kier molecular flexibility index (Phi) is 3.15. The normalized spacial score (nSPS) is 10.7. The molecule has 0 saturated carbocycles. The fourth-order valence-electron chi connectivity index (χ4n) is 2.10. The summed E-state index contributed by atoms with van der Waals surface area (Å²) in [6, 6.07) is 9.74. The minimum absolute atomic E-state index is 0.0303. The molecule has 2 aromatic heterocycles. The smallest absolute Gasteiger partial charge is 0.265 e. The topological polar surface area (TPSA) is 90.9 Å². The summed E-state index contributed by atoms with van der Waals surface area (Å²) >= 11 is 0. The van der Waals surface area contributed by atoms with Crippen molar-refractivity contribution in [3.63, 3.8) is 0 Å². The van der Waals surface area contributed by atoms with Crippen LogP contribution in [0.4, 0.5) is 5.69 Å². The molecule has 0 fully saturated rings. The summed E-state index contributed by atoms with van der Waals surface area (Å²) in [6.07, 6.45) is 3.05. The van der Waals surface area contributed by atoms with Crippen LogP contribution in [-0.4, -0.2) is 19.7 Å². The molecule has 7 nitrogen and oxygen atoms in total. The third kappa shape index (κ3) is 2.36. The van der Waals surface area contributed by atoms with Crippen LogP contribution < -0.4 is 5.56 Å². The fourth-order valence-corrected chi connectivity index (χ4v) is 2.10. The van der Waals surface area contributed by atoms with E-state index in [1.807, 2.05) is 0 Å². The molecule has 0 unspecified atom stereocenters. The standard InChI is InChI=1S/C14H10N4O3/c19-14-13-10(5-3-7-15-13)8-16-17(14)9-11-4-1-2-6-12(11)18(20)21/h1-8H,9H2. The van der Waals surface area contributed by atoms with Crippen LogP contribution in [0.3, 0.4) is 0 Å². The monoisotopic (exact) mass is 282 g/mol. The zero-order chi connectivity index (χ0) is 14.8. The summed E-state index contributed by atoms with van der Waals surface area (Å²) in [4.78, 5) is 26.8. The van der Waals surface area contributed by atoms with Crippen LogP contribution in [0.25, 0.3) is 10.9 Å². The highest BCUT2D eigenvalue weighted by atomic mass is 16.6. The highest BCUT2D eigenvalue weighted by Crippen LogP contribution is 2.18. The van der Waals surface area contributed by atoms with Crippen molar-refractivity contribution < 1.29 is 4.92 Å². The maximum absolute atomic E-state index is 12.3. The van der Waals surface area contributed by atoms with Crippen LogP contribution in [-0.2, 0) is 6.54 Å². The molecule has 21 heavy (non-hydrogen) atoms. The van der Waals surface area contributed by atoms with Gasteiger partial charge in [-0.25, -0.2) is 4.68 Å². The van der Waals surface area contributed by atoms with Gasteiger partial charge in [-0.15, -0.1) is 0 Å². The molecule has 0 radical (unpaired) electrons. The maximum Gasteiger partial charge on any atom is 0.293 e. The predicted molar refractivity (Wildman–Crippen MR) is 76.0 cm³/mol. The van der Waals surface area contributed by atoms with Gasteiger partial charge in [-0.05, 0) is 12.1 Å². The molecule has 0 bridgehead atoms. The number of rotatable bonds is 3. The second-order valence-electron chi connectivity index (χ2n) is 4.43. The molecule has 0 aliphatic carbocycles. The van der Waals surface area contributed by atoms with Gasteiger partial charge in [0.2, 0.25) is 0 Å². The molecule has 0 spiro atoms. The number of aromatic nitrogens is 3. The third-order valence-electron chi connectivity index (χ3n) is 3.12. The molecule has 0 saturated heterocycles. The average molecular weight is 282 g/mol. The van der Waals surface area contributed by atoms with Crippen molar-refractivity contribution in [2.45, 2.75) is 6.54 Å². The Morgan fingerprint density at radius 2 is 2.00 bits per heavy atom. The zero-order valence-electron chi connectivity index (χ0n) is 10.8. The van der Waals surface area contributed by atoms with E-state index in [1.165, 1.54) is 23.1 Å². The van der Waals surface area contributed by atoms with E-state index in [0.717, 1.165) is 0 Å². The lowest BCUT2D eigenvalue weighted by Gasteiger charge is -2.06. The largest absolute Gasteiger partial charge is 0.293 e. The van der Waals surface area contributed by atoms with Gasteiger partial charge in [0, 0.05) is 17.6 Å². The fraction of sp³-hybridized carbons (Fsp3) is 0.0714. The van der Waals surface area contributed by atoms with Gasteiger partial charge in [-0.3, -0.25) is 19.9 Å². The predicted octanol–water partition coefficient (Wildman–Crippen LogP) is 1.75. The second kappa shape index (κ2) is 5.12. The lowest BCUT2D eigenvalue weighted by Crippen LogP contribution is -2.24. The first-order valence-electron chi connectivity index (χ1n) is 6.20. The first-order valence-corrected chi connectivity index (χ1v) is 6.20. The lowest BCUT2D eigenvalue weighted by atomic mass is 10.2. The number of fused-ring (bicyclic) bond motifs is 1. The molecule has 0 amide bonds. The quantitative estimate of drug-likeness (QED) is 0.539. The van der Waals surface area contributed by atoms with E-state index in [4.69, 9.17) is 0 Å². The van der Waals surface area contributed by atoms with E-state index in [-0.39, 0.29) is 17.8 Å². The molecule has 3 aromatic rings. The van der Waals surface area contributed by atoms with E-state index in [1.54, 1.807) is 30.3 Å². The molecular weight excluding hydrogens is 272 g/mol. The lowest BCUT2D eigenvalue weighted by molar-refractivity contribution is -0.385. The number of hydrogen-bond acceptors (Lipinski definition) is 5. The van der Waals surface area contributed by atoms with Crippen molar-refractivity contribution in [1.29, 1.82) is 0 Å². The van der Waals surface area contributed by atoms with Gasteiger partial charge in [-0.2, -0.15) is 5.10 Å². The number of pyridine rings is 1. The molecule has 0 atom stereocenters. The molecule has 7 heteroatoms. The molecule has 0 N–H and O–H groups in total. The molecule has 0 aliphatic rings. The average Bonchev–Trinajstić information content (AvgIpc) is 2.51. The van der Waals surface area contributed by atoms with Gasteiger partial charge in [0.15, 0.2) is 0 Å². The van der Waals surface area contributed by atoms with Gasteiger partial charge in [0.25, 0.3) is 11.2 Å². The van der Waals surface area contributed by atoms with Gasteiger partial charge < -0.3 is 0 Å². The Hall–Kier alpha value is -3.09. The van der Waals surface area contributed by atoms with Crippen molar-refractivity contribution in [2.24, 2.45) is 0 Å². The van der Waals surface area contributed by atoms with E-state index < -0.39 is 4.92 Å². The van der Waals surface area contributed by atoms with Crippen LogP contribution in [0.5, 0.6) is 0 Å². The van der Waals surface area contributed by atoms with Crippen molar-refractivity contribution in [2.75, 3.05) is 0 Å². The van der Waals surface area contributed by atoms with E-state index in [9.17, 15) is 14.9 Å². The van der Waals surface area contributed by atoms with Gasteiger partial charge in [0.1, 0.15) is 5.52 Å². The van der Waals surface area contributed by atoms with E-state index in [0.29, 0.717) is 16.5 Å². The minimum atomic E-state index is -0.473. The molecule has 104 valence electrons. The van der Waals surface area contributed by atoms with Crippen LogP contribution in [0.2, 0.25) is 0 Å². The van der Waals surface area contributed by atoms with Crippen molar-refractivity contribution in [1.82, 2.24) is 14.8 Å². The number of nitro benzene ring substituents is 1. The maximum atomic E-state index is 12.3. The van der Waals surface area contributed by atoms with Gasteiger partial charge >= 0.3 is 0 Å². The SMILES string of the molecule is O=c1c2ncccc2cnn1Cc1ccccc1[N+](=O)[O-]. The first-order chi connectivity index (χ1) is 10.2. The second-order valence-corrected chi connectivity index (χ2v) is 4.43. The number of benzene rings is 1. The highest BCUT2D eigenvalue weighted by molar-refractivity contribution is 5.75. The Bertz CT molecular complexity index is 889. The molecular formula is C14H10N4O3. The Morgan fingerprint density at radius 1 is 1.19 bits per heavy atom. The van der Waals surface area contributed by atoms with E-state index in [2.05, 4.69) is 10.1 Å². The highest BCUT2D eigenvalue weighted by Gasteiger charge is 2.14. The number of hydrogen-bond donors (Lipinski definition) is 0. The van der Waals surface area contributed by atoms with Crippen LogP contribution >= 0.6 is 0 Å². The Morgan fingerprint density at radius 3 is 2.81 bits per heavy atom. The van der Waals surface area contributed by atoms with Crippen LogP contribution in [0.1, 0.15) is 5.56 Å². The summed E-state index contributed by atoms with van der Waals surface area (Å²) in [5.41, 5.74) is 0.317. The number of para-hydroxylation sites is 1. The summed E-state index contributed by atoms with van der Waals surface area (Å²) < 4.78 is 1.18. The van der Waals surface area contributed by atoms with Gasteiger partial charge in [-0.1, -0.05) is 18.2 Å². The molecule has 2 heterocycles. The molecule has 0 aliphatic heterocycles. The summed E-state index contributed by atoms with van der Waals surface area (Å²) in [7, 11) is 0. The number of nitro groups is 1. The van der Waals surface area contributed by atoms with Crippen molar-refractivity contribution in [3.8, 4) is 0 Å². The van der Waals surface area contributed by atoms with Crippen molar-refractivity contribution in [3.05, 3.63) is 74.8 Å². The summed E-state index contributed by atoms with van der Waals surface area (Å²) in [5.74, 6) is 0. The van der Waals surface area contributed by atoms with Crippen molar-refractivity contribution >= 4 is 16.6 Å². The third-order valence-corrected chi connectivity index (χ3v) is 3.12. The van der Waals surface area contributed by atoms with Gasteiger partial charge in [0.05, 0.1) is 23.2 Å². The molecule has 3 rings (SSSR count). The number of nitrogens with zero attached hydrogens (tertiary/aromatic N) is 4.